The van der Waals surface area contributed by atoms with E-state index in [-0.39, 0.29) is 6.61 Å². The predicted octanol–water partition coefficient (Wildman–Crippen LogP) is 2.40. The molecule has 8 heteroatoms. The molecule has 0 radical (unpaired) electrons. The van der Waals surface area contributed by atoms with Crippen molar-refractivity contribution in [2.75, 3.05) is 13.2 Å². The van der Waals surface area contributed by atoms with Gasteiger partial charge in [-0.05, 0) is 11.1 Å². The third-order valence-corrected chi connectivity index (χ3v) is 6.17. The van der Waals surface area contributed by atoms with Gasteiger partial charge in [0.15, 0.2) is 6.23 Å². The highest BCUT2D eigenvalue weighted by Gasteiger charge is 2.63. The van der Waals surface area contributed by atoms with Gasteiger partial charge in [-0.3, -0.25) is 14.3 Å². The Kier molecular flexibility index (Phi) is 6.24. The quantitative estimate of drug-likeness (QED) is 0.567. The Balaban J connectivity index is 1.39. The van der Waals surface area contributed by atoms with Crippen LogP contribution in [0.2, 0.25) is 0 Å². The lowest BCUT2D eigenvalue weighted by Crippen LogP contribution is -2.58. The third kappa shape index (κ3) is 4.43. The first-order chi connectivity index (χ1) is 16.2. The van der Waals surface area contributed by atoms with E-state index in [4.69, 9.17) is 18.9 Å². The van der Waals surface area contributed by atoms with Crippen molar-refractivity contribution in [3.8, 4) is 0 Å². The van der Waals surface area contributed by atoms with Crippen LogP contribution in [0, 0.1) is 0 Å². The van der Waals surface area contributed by atoms with Crippen LogP contribution in [-0.4, -0.2) is 40.6 Å². The Morgan fingerprint density at radius 2 is 1.64 bits per heavy atom. The Bertz CT molecular complexity index is 1170. The Morgan fingerprint density at radius 1 is 0.970 bits per heavy atom. The van der Waals surface area contributed by atoms with Crippen molar-refractivity contribution >= 4 is 0 Å². The highest BCUT2D eigenvalue weighted by atomic mass is 16.6. The molecule has 8 nitrogen and oxygen atoms in total. The summed E-state index contributed by atoms with van der Waals surface area (Å²) in [5.74, 6) is 0. The Hall–Kier alpha value is -3.04. The Labute approximate surface area is 190 Å². The van der Waals surface area contributed by atoms with Crippen LogP contribution in [0.3, 0.4) is 0 Å². The SMILES string of the molecule is O=c1ccn([C@@H]2O[C@H](COCc3ccccc3)[C@@H](OCc3ccccc3)[C@@]23CCO3)c(=O)[nH]1. The standard InChI is InChI=1S/C25H26N2O6/c28-21-11-13-27(24(29)26-21)23-25(12-14-32-25)22(31-16-19-9-5-2-6-10-19)20(33-23)17-30-15-18-7-3-1-4-8-18/h1-11,13,20,22-23H,12,14-17H2,(H,26,28,29)/t20-,22-,23-,25+/m1/s1. The molecule has 2 aromatic carbocycles. The average molecular weight is 450 g/mol. The number of aromatic nitrogens is 2. The van der Waals surface area contributed by atoms with Crippen LogP contribution in [-0.2, 0) is 32.2 Å². The van der Waals surface area contributed by atoms with Crippen LogP contribution in [0.4, 0.5) is 0 Å². The van der Waals surface area contributed by atoms with Crippen molar-refractivity contribution in [1.29, 1.82) is 0 Å². The van der Waals surface area contributed by atoms with Gasteiger partial charge in [0, 0.05) is 18.7 Å². The maximum absolute atomic E-state index is 12.5. The first-order valence-electron chi connectivity index (χ1n) is 11.0. The van der Waals surface area contributed by atoms with Gasteiger partial charge in [0.2, 0.25) is 0 Å². The second-order valence-electron chi connectivity index (χ2n) is 8.32. The van der Waals surface area contributed by atoms with Gasteiger partial charge in [0.05, 0.1) is 26.4 Å². The first-order valence-corrected chi connectivity index (χ1v) is 11.0. The van der Waals surface area contributed by atoms with Crippen LogP contribution >= 0.6 is 0 Å². The molecule has 1 spiro atoms. The molecule has 0 unspecified atom stereocenters. The highest BCUT2D eigenvalue weighted by molar-refractivity contribution is 5.15. The number of hydrogen-bond donors (Lipinski definition) is 1. The first kappa shape index (κ1) is 21.8. The summed E-state index contributed by atoms with van der Waals surface area (Å²) in [5, 5.41) is 0. The number of aromatic amines is 1. The van der Waals surface area contributed by atoms with E-state index >= 15 is 0 Å². The molecule has 2 fully saturated rings. The summed E-state index contributed by atoms with van der Waals surface area (Å²) in [6, 6.07) is 21.1. The van der Waals surface area contributed by atoms with Crippen molar-refractivity contribution < 1.29 is 18.9 Å². The molecular weight excluding hydrogens is 424 g/mol. The van der Waals surface area contributed by atoms with Crippen LogP contribution in [0.15, 0.2) is 82.5 Å². The van der Waals surface area contributed by atoms with Gasteiger partial charge in [0.25, 0.3) is 5.56 Å². The molecule has 5 rings (SSSR count). The molecule has 1 aromatic heterocycles. The van der Waals surface area contributed by atoms with Crippen molar-refractivity contribution in [2.45, 2.75) is 43.7 Å². The summed E-state index contributed by atoms with van der Waals surface area (Å²) in [4.78, 5) is 26.4. The number of benzene rings is 2. The van der Waals surface area contributed by atoms with Gasteiger partial charge in [-0.15, -0.1) is 0 Å². The fourth-order valence-corrected chi connectivity index (χ4v) is 4.48. The summed E-state index contributed by atoms with van der Waals surface area (Å²) in [6.07, 6.45) is 0.462. The minimum Gasteiger partial charge on any atom is -0.374 e. The summed E-state index contributed by atoms with van der Waals surface area (Å²) in [6.45, 7) is 1.63. The molecule has 0 aliphatic carbocycles. The molecule has 0 saturated carbocycles. The molecule has 0 bridgehead atoms. The minimum absolute atomic E-state index is 0.272. The topological polar surface area (TPSA) is 91.8 Å². The second kappa shape index (κ2) is 9.44. The van der Waals surface area contributed by atoms with Crippen LogP contribution in [0.25, 0.3) is 0 Å². The molecule has 2 aliphatic rings. The van der Waals surface area contributed by atoms with E-state index in [0.29, 0.717) is 26.2 Å². The van der Waals surface area contributed by atoms with Gasteiger partial charge in [-0.25, -0.2) is 4.79 Å². The van der Waals surface area contributed by atoms with E-state index in [1.807, 2.05) is 60.7 Å². The van der Waals surface area contributed by atoms with Crippen LogP contribution < -0.4 is 11.2 Å². The molecule has 1 N–H and O–H groups in total. The molecule has 0 amide bonds. The van der Waals surface area contributed by atoms with E-state index < -0.39 is 35.3 Å². The molecular formula is C25H26N2O6. The zero-order chi connectivity index (χ0) is 22.7. The maximum atomic E-state index is 12.5. The molecule has 3 aromatic rings. The number of nitrogens with zero attached hydrogens (tertiary/aromatic N) is 1. The Morgan fingerprint density at radius 3 is 2.24 bits per heavy atom. The molecule has 33 heavy (non-hydrogen) atoms. The summed E-state index contributed by atoms with van der Waals surface area (Å²) in [5.41, 5.74) is 0.241. The van der Waals surface area contributed by atoms with Crippen LogP contribution in [0.1, 0.15) is 23.8 Å². The van der Waals surface area contributed by atoms with E-state index in [1.54, 1.807) is 0 Å². The van der Waals surface area contributed by atoms with Gasteiger partial charge in [-0.1, -0.05) is 60.7 Å². The maximum Gasteiger partial charge on any atom is 0.330 e. The summed E-state index contributed by atoms with van der Waals surface area (Å²) in [7, 11) is 0. The number of rotatable bonds is 8. The van der Waals surface area contributed by atoms with Crippen molar-refractivity contribution in [3.63, 3.8) is 0 Å². The number of ether oxygens (including phenoxy) is 4. The lowest BCUT2D eigenvalue weighted by molar-refractivity contribution is -0.237. The van der Waals surface area contributed by atoms with E-state index in [0.717, 1.165) is 11.1 Å². The monoisotopic (exact) mass is 450 g/mol. The largest absolute Gasteiger partial charge is 0.374 e. The predicted molar refractivity (Wildman–Crippen MR) is 120 cm³/mol. The zero-order valence-corrected chi connectivity index (χ0v) is 18.1. The lowest BCUT2D eigenvalue weighted by Gasteiger charge is -2.45. The molecule has 2 saturated heterocycles. The second-order valence-corrected chi connectivity index (χ2v) is 8.32. The van der Waals surface area contributed by atoms with Crippen molar-refractivity contribution in [2.24, 2.45) is 0 Å². The highest BCUT2D eigenvalue weighted by Crippen LogP contribution is 2.49. The van der Waals surface area contributed by atoms with Crippen molar-refractivity contribution in [3.05, 3.63) is 105 Å². The van der Waals surface area contributed by atoms with Gasteiger partial charge in [-0.2, -0.15) is 0 Å². The summed E-state index contributed by atoms with van der Waals surface area (Å²) < 4.78 is 26.1. The molecule has 4 atom stereocenters. The van der Waals surface area contributed by atoms with E-state index in [1.165, 1.54) is 16.8 Å². The smallest absolute Gasteiger partial charge is 0.330 e. The number of hydrogen-bond acceptors (Lipinski definition) is 6. The van der Waals surface area contributed by atoms with Crippen LogP contribution in [0.5, 0.6) is 0 Å². The normalized spacial score (nSPS) is 26.4. The average Bonchev–Trinajstić information content (AvgIpc) is 3.13. The fourth-order valence-electron chi connectivity index (χ4n) is 4.48. The fraction of sp³-hybridized carbons (Fsp3) is 0.360. The zero-order valence-electron chi connectivity index (χ0n) is 18.1. The van der Waals surface area contributed by atoms with Gasteiger partial charge < -0.3 is 18.9 Å². The van der Waals surface area contributed by atoms with Gasteiger partial charge >= 0.3 is 5.69 Å². The van der Waals surface area contributed by atoms with E-state index in [2.05, 4.69) is 4.98 Å². The number of nitrogens with one attached hydrogen (secondary N) is 1. The number of H-pyrrole nitrogens is 1. The molecule has 2 aliphatic heterocycles. The summed E-state index contributed by atoms with van der Waals surface area (Å²) >= 11 is 0. The van der Waals surface area contributed by atoms with Gasteiger partial charge in [0.1, 0.15) is 17.8 Å². The molecule has 172 valence electrons. The minimum atomic E-state index is -0.836. The molecule has 3 heterocycles. The van der Waals surface area contributed by atoms with E-state index in [9.17, 15) is 9.59 Å². The van der Waals surface area contributed by atoms with Crippen molar-refractivity contribution in [1.82, 2.24) is 9.55 Å². The lowest BCUT2D eigenvalue weighted by atomic mass is 9.86. The third-order valence-electron chi connectivity index (χ3n) is 6.17.